The topological polar surface area (TPSA) is 96.5 Å². The second-order valence-corrected chi connectivity index (χ2v) is 4.85. The van der Waals surface area contributed by atoms with Gasteiger partial charge in [-0.3, -0.25) is 4.79 Å². The molecule has 1 amide bonds. The molecule has 104 valence electrons. The van der Waals surface area contributed by atoms with E-state index in [2.05, 4.69) is 4.98 Å². The Morgan fingerprint density at radius 3 is 2.47 bits per heavy atom. The molecule has 1 heterocycles. The van der Waals surface area contributed by atoms with E-state index in [1.807, 2.05) is 13.8 Å². The lowest BCUT2D eigenvalue weighted by Gasteiger charge is -2.24. The number of rotatable bonds is 6. The van der Waals surface area contributed by atoms with Gasteiger partial charge in [-0.05, 0) is 25.0 Å². The predicted molar refractivity (Wildman–Crippen MR) is 72.2 cm³/mol. The summed E-state index contributed by atoms with van der Waals surface area (Å²) in [4.78, 5) is 28.0. The van der Waals surface area contributed by atoms with Gasteiger partial charge in [0.05, 0.1) is 17.8 Å². The zero-order chi connectivity index (χ0) is 14.6. The van der Waals surface area contributed by atoms with Crippen LogP contribution in [-0.2, 0) is 4.79 Å². The number of carbonyl (C=O) groups is 2. The minimum absolute atomic E-state index is 0.0665. The Hall–Kier alpha value is -2.11. The highest BCUT2D eigenvalue weighted by atomic mass is 16.4. The van der Waals surface area contributed by atoms with Gasteiger partial charge >= 0.3 is 5.97 Å². The van der Waals surface area contributed by atoms with Gasteiger partial charge in [-0.25, -0.2) is 9.78 Å². The standard InChI is InChI=1S/C13H19N3O3/c1-8(2)6-16(7-11(14)17)12-5-4-10(13(18)19)9(3)15-12/h4-5,8H,6-7H2,1-3H3,(H2,14,17)(H,18,19). The molecule has 19 heavy (non-hydrogen) atoms. The first-order chi connectivity index (χ1) is 8.81. The Labute approximate surface area is 112 Å². The molecule has 3 N–H and O–H groups in total. The quantitative estimate of drug-likeness (QED) is 0.801. The van der Waals surface area contributed by atoms with E-state index in [4.69, 9.17) is 10.8 Å². The van der Waals surface area contributed by atoms with Crippen molar-refractivity contribution in [1.82, 2.24) is 4.98 Å². The molecule has 0 fully saturated rings. The van der Waals surface area contributed by atoms with Crippen LogP contribution < -0.4 is 10.6 Å². The molecule has 0 aliphatic rings. The van der Waals surface area contributed by atoms with Crippen LogP contribution in [0.1, 0.15) is 29.9 Å². The Balaban J connectivity index is 3.05. The Bertz CT molecular complexity index is 486. The summed E-state index contributed by atoms with van der Waals surface area (Å²) in [7, 11) is 0. The summed E-state index contributed by atoms with van der Waals surface area (Å²) < 4.78 is 0. The van der Waals surface area contributed by atoms with Gasteiger partial charge in [0.2, 0.25) is 5.91 Å². The van der Waals surface area contributed by atoms with Crippen LogP contribution in [0.4, 0.5) is 5.82 Å². The number of aromatic nitrogens is 1. The van der Waals surface area contributed by atoms with E-state index in [1.165, 1.54) is 6.07 Å². The number of amides is 1. The molecule has 0 aliphatic carbocycles. The average molecular weight is 265 g/mol. The zero-order valence-electron chi connectivity index (χ0n) is 11.4. The number of anilines is 1. The molecule has 0 radical (unpaired) electrons. The number of carbonyl (C=O) groups excluding carboxylic acids is 1. The summed E-state index contributed by atoms with van der Waals surface area (Å²) in [6, 6.07) is 3.09. The number of hydrogen-bond donors (Lipinski definition) is 2. The second kappa shape index (κ2) is 6.17. The number of nitrogens with two attached hydrogens (primary N) is 1. The molecule has 6 heteroatoms. The highest BCUT2D eigenvalue weighted by Gasteiger charge is 2.15. The first-order valence-corrected chi connectivity index (χ1v) is 6.05. The number of carboxylic acids is 1. The summed E-state index contributed by atoms with van der Waals surface area (Å²) in [5.74, 6) is -0.556. The number of aryl methyl sites for hydroxylation is 1. The minimum atomic E-state index is -1.01. The summed E-state index contributed by atoms with van der Waals surface area (Å²) >= 11 is 0. The minimum Gasteiger partial charge on any atom is -0.478 e. The number of hydrogen-bond acceptors (Lipinski definition) is 4. The van der Waals surface area contributed by atoms with E-state index in [1.54, 1.807) is 17.9 Å². The van der Waals surface area contributed by atoms with Crippen LogP contribution in [0.5, 0.6) is 0 Å². The van der Waals surface area contributed by atoms with Gasteiger partial charge in [0.25, 0.3) is 0 Å². The lowest BCUT2D eigenvalue weighted by Crippen LogP contribution is -2.37. The van der Waals surface area contributed by atoms with E-state index >= 15 is 0 Å². The largest absolute Gasteiger partial charge is 0.478 e. The molecular formula is C13H19N3O3. The van der Waals surface area contributed by atoms with Crippen molar-refractivity contribution in [2.75, 3.05) is 18.0 Å². The highest BCUT2D eigenvalue weighted by Crippen LogP contribution is 2.16. The van der Waals surface area contributed by atoms with Crippen LogP contribution in [-0.4, -0.2) is 35.1 Å². The van der Waals surface area contributed by atoms with Crippen molar-refractivity contribution in [3.8, 4) is 0 Å². The van der Waals surface area contributed by atoms with Gasteiger partial charge in [0.15, 0.2) is 0 Å². The van der Waals surface area contributed by atoms with Crippen LogP contribution in [0.2, 0.25) is 0 Å². The first kappa shape index (κ1) is 14.9. The molecule has 0 saturated heterocycles. The number of aromatic carboxylic acids is 1. The molecular weight excluding hydrogens is 246 g/mol. The van der Waals surface area contributed by atoms with Crippen molar-refractivity contribution in [2.24, 2.45) is 11.7 Å². The third kappa shape index (κ3) is 4.24. The first-order valence-electron chi connectivity index (χ1n) is 6.05. The maximum atomic E-state index is 11.1. The fourth-order valence-electron chi connectivity index (χ4n) is 1.82. The number of carboxylic acid groups (broad SMARTS) is 1. The monoisotopic (exact) mass is 265 g/mol. The molecule has 0 saturated carbocycles. The molecule has 0 spiro atoms. The van der Waals surface area contributed by atoms with Gasteiger partial charge in [-0.15, -0.1) is 0 Å². The van der Waals surface area contributed by atoms with Gasteiger partial charge in [0, 0.05) is 6.54 Å². The second-order valence-electron chi connectivity index (χ2n) is 4.85. The molecule has 6 nitrogen and oxygen atoms in total. The molecule has 0 bridgehead atoms. The van der Waals surface area contributed by atoms with Crippen LogP contribution >= 0.6 is 0 Å². The summed E-state index contributed by atoms with van der Waals surface area (Å²) in [6.07, 6.45) is 0. The van der Waals surface area contributed by atoms with Crippen molar-refractivity contribution < 1.29 is 14.7 Å². The van der Waals surface area contributed by atoms with Gasteiger partial charge in [-0.2, -0.15) is 0 Å². The van der Waals surface area contributed by atoms with Crippen molar-refractivity contribution in [2.45, 2.75) is 20.8 Å². The molecule has 1 rings (SSSR count). The van der Waals surface area contributed by atoms with Crippen LogP contribution in [0.25, 0.3) is 0 Å². The van der Waals surface area contributed by atoms with Crippen molar-refractivity contribution >= 4 is 17.7 Å². The van der Waals surface area contributed by atoms with E-state index < -0.39 is 11.9 Å². The van der Waals surface area contributed by atoms with Crippen LogP contribution in [0, 0.1) is 12.8 Å². The molecule has 0 aromatic carbocycles. The van der Waals surface area contributed by atoms with E-state index in [9.17, 15) is 9.59 Å². The van der Waals surface area contributed by atoms with E-state index in [0.29, 0.717) is 24.0 Å². The normalized spacial score (nSPS) is 10.5. The maximum absolute atomic E-state index is 11.1. The smallest absolute Gasteiger partial charge is 0.337 e. The van der Waals surface area contributed by atoms with Gasteiger partial charge in [-0.1, -0.05) is 13.8 Å². The molecule has 0 unspecified atom stereocenters. The predicted octanol–water partition coefficient (Wildman–Crippen LogP) is 1.04. The summed E-state index contributed by atoms with van der Waals surface area (Å²) in [5, 5.41) is 8.96. The van der Waals surface area contributed by atoms with Crippen LogP contribution in [0.15, 0.2) is 12.1 Å². The third-order valence-corrected chi connectivity index (χ3v) is 2.56. The number of primary amides is 1. The number of nitrogens with zero attached hydrogens (tertiary/aromatic N) is 2. The maximum Gasteiger partial charge on any atom is 0.337 e. The SMILES string of the molecule is Cc1nc(N(CC(N)=O)CC(C)C)ccc1C(=O)O. The zero-order valence-corrected chi connectivity index (χ0v) is 11.4. The highest BCUT2D eigenvalue weighted by molar-refractivity contribution is 5.89. The Morgan fingerprint density at radius 1 is 1.42 bits per heavy atom. The molecule has 1 aromatic rings. The van der Waals surface area contributed by atoms with Crippen molar-refractivity contribution in [3.63, 3.8) is 0 Å². The van der Waals surface area contributed by atoms with E-state index in [-0.39, 0.29) is 12.1 Å². The average Bonchev–Trinajstić information content (AvgIpc) is 2.26. The Kier molecular flexibility index (Phi) is 4.86. The molecule has 0 aliphatic heterocycles. The molecule has 0 atom stereocenters. The summed E-state index contributed by atoms with van der Waals surface area (Å²) in [5.41, 5.74) is 5.80. The van der Waals surface area contributed by atoms with E-state index in [0.717, 1.165) is 0 Å². The number of pyridine rings is 1. The van der Waals surface area contributed by atoms with Crippen molar-refractivity contribution in [3.05, 3.63) is 23.4 Å². The summed E-state index contributed by atoms with van der Waals surface area (Å²) in [6.45, 7) is 6.36. The lowest BCUT2D eigenvalue weighted by molar-refractivity contribution is -0.116. The molecule has 1 aromatic heterocycles. The fraction of sp³-hybridized carbons (Fsp3) is 0.462. The van der Waals surface area contributed by atoms with Gasteiger partial charge in [0.1, 0.15) is 5.82 Å². The van der Waals surface area contributed by atoms with Gasteiger partial charge < -0.3 is 15.7 Å². The third-order valence-electron chi connectivity index (χ3n) is 2.56. The van der Waals surface area contributed by atoms with Crippen molar-refractivity contribution in [1.29, 1.82) is 0 Å². The fourth-order valence-corrected chi connectivity index (χ4v) is 1.82. The lowest BCUT2D eigenvalue weighted by atomic mass is 10.2. The Morgan fingerprint density at radius 2 is 2.05 bits per heavy atom. The van der Waals surface area contributed by atoms with Crippen LogP contribution in [0.3, 0.4) is 0 Å².